The van der Waals surface area contributed by atoms with Crippen LogP contribution in [0.5, 0.6) is 17.2 Å². The number of hydrogen-bond acceptors (Lipinski definition) is 5. The van der Waals surface area contributed by atoms with Crippen LogP contribution in [0.2, 0.25) is 0 Å². The molecule has 0 aliphatic carbocycles. The van der Waals surface area contributed by atoms with Crippen molar-refractivity contribution >= 4 is 5.91 Å². The van der Waals surface area contributed by atoms with E-state index >= 15 is 0 Å². The molecule has 1 amide bonds. The van der Waals surface area contributed by atoms with Crippen molar-refractivity contribution in [1.82, 2.24) is 4.90 Å². The number of amides is 1. The molecule has 1 unspecified atom stereocenters. The molecule has 2 aromatic rings. The summed E-state index contributed by atoms with van der Waals surface area (Å²) in [5.41, 5.74) is -0.000681. The first kappa shape index (κ1) is 20.0. The van der Waals surface area contributed by atoms with Crippen LogP contribution >= 0.6 is 0 Å². The third-order valence-electron chi connectivity index (χ3n) is 5.10. The van der Waals surface area contributed by atoms with Crippen molar-refractivity contribution in [1.29, 1.82) is 0 Å². The summed E-state index contributed by atoms with van der Waals surface area (Å²) in [5, 5.41) is 0. The predicted octanol–water partition coefficient (Wildman–Crippen LogP) is 3.40. The second-order valence-corrected chi connectivity index (χ2v) is 6.92. The minimum absolute atomic E-state index is 0.0713. The number of carbonyl (C=O) groups is 1. The lowest BCUT2D eigenvalue weighted by atomic mass is 9.92. The van der Waals surface area contributed by atoms with Crippen molar-refractivity contribution in [3.8, 4) is 17.2 Å². The van der Waals surface area contributed by atoms with Gasteiger partial charge < -0.3 is 23.8 Å². The molecule has 0 bridgehead atoms. The Labute approximate surface area is 166 Å². The highest BCUT2D eigenvalue weighted by molar-refractivity contribution is 5.95. The molecule has 150 valence electrons. The molecular weight excluding hydrogens is 358 g/mol. The minimum atomic E-state index is -0.535. The fraction of sp³-hybridized carbons (Fsp3) is 0.409. The van der Waals surface area contributed by atoms with E-state index in [2.05, 4.69) is 0 Å². The van der Waals surface area contributed by atoms with Crippen LogP contribution in [0.3, 0.4) is 0 Å². The Kier molecular flexibility index (Phi) is 6.41. The fourth-order valence-corrected chi connectivity index (χ4v) is 3.46. The van der Waals surface area contributed by atoms with Gasteiger partial charge in [-0.1, -0.05) is 18.2 Å². The molecule has 1 atom stereocenters. The molecule has 28 heavy (non-hydrogen) atoms. The summed E-state index contributed by atoms with van der Waals surface area (Å²) < 4.78 is 22.4. The van der Waals surface area contributed by atoms with Gasteiger partial charge in [-0.3, -0.25) is 4.79 Å². The number of rotatable bonds is 7. The summed E-state index contributed by atoms with van der Waals surface area (Å²) in [7, 11) is 4.82. The largest absolute Gasteiger partial charge is 0.497 e. The van der Waals surface area contributed by atoms with Gasteiger partial charge in [0.1, 0.15) is 29.5 Å². The Balaban J connectivity index is 1.74. The van der Waals surface area contributed by atoms with E-state index in [9.17, 15) is 4.79 Å². The Bertz CT molecular complexity index is 773. The number of likely N-dealkylation sites (tertiary alicyclic amines) is 1. The van der Waals surface area contributed by atoms with E-state index in [-0.39, 0.29) is 5.91 Å². The lowest BCUT2D eigenvalue weighted by molar-refractivity contribution is -0.0824. The summed E-state index contributed by atoms with van der Waals surface area (Å²) in [6.45, 7) is 1.53. The van der Waals surface area contributed by atoms with E-state index in [1.165, 1.54) is 0 Å². The van der Waals surface area contributed by atoms with Gasteiger partial charge in [0.2, 0.25) is 0 Å². The number of para-hydroxylation sites is 1. The number of hydrogen-bond donors (Lipinski definition) is 0. The van der Waals surface area contributed by atoms with Gasteiger partial charge in [-0.25, -0.2) is 0 Å². The summed E-state index contributed by atoms with van der Waals surface area (Å²) in [6.07, 6.45) is 1.68. The van der Waals surface area contributed by atoms with Crippen LogP contribution in [0.15, 0.2) is 48.5 Å². The first-order valence-electron chi connectivity index (χ1n) is 9.34. The third kappa shape index (κ3) is 4.57. The van der Waals surface area contributed by atoms with Crippen molar-refractivity contribution in [2.75, 3.05) is 41.0 Å². The molecule has 0 saturated carbocycles. The molecule has 1 fully saturated rings. The summed E-state index contributed by atoms with van der Waals surface area (Å²) >= 11 is 0. The summed E-state index contributed by atoms with van der Waals surface area (Å²) in [4.78, 5) is 14.9. The van der Waals surface area contributed by atoms with Crippen molar-refractivity contribution in [2.45, 2.75) is 18.4 Å². The van der Waals surface area contributed by atoms with E-state index in [0.717, 1.165) is 18.6 Å². The molecule has 6 heteroatoms. The highest BCUT2D eigenvalue weighted by Crippen LogP contribution is 2.29. The van der Waals surface area contributed by atoms with E-state index < -0.39 is 5.60 Å². The van der Waals surface area contributed by atoms with Gasteiger partial charge in [-0.15, -0.1) is 0 Å². The van der Waals surface area contributed by atoms with Crippen molar-refractivity contribution in [2.24, 2.45) is 0 Å². The van der Waals surface area contributed by atoms with Crippen LogP contribution in [-0.4, -0.2) is 57.4 Å². The Morgan fingerprint density at radius 3 is 2.29 bits per heavy atom. The zero-order valence-electron chi connectivity index (χ0n) is 16.6. The lowest BCUT2D eigenvalue weighted by Crippen LogP contribution is -2.54. The molecule has 2 aromatic carbocycles. The maximum Gasteiger partial charge on any atom is 0.254 e. The van der Waals surface area contributed by atoms with Gasteiger partial charge in [0.25, 0.3) is 5.91 Å². The topological polar surface area (TPSA) is 57.2 Å². The van der Waals surface area contributed by atoms with E-state index in [1.54, 1.807) is 39.5 Å². The molecule has 1 saturated heterocycles. The monoisotopic (exact) mass is 385 g/mol. The van der Waals surface area contributed by atoms with Crippen molar-refractivity contribution in [3.63, 3.8) is 0 Å². The first-order chi connectivity index (χ1) is 13.6. The van der Waals surface area contributed by atoms with E-state index in [1.807, 2.05) is 35.2 Å². The maximum atomic E-state index is 13.1. The van der Waals surface area contributed by atoms with Crippen LogP contribution < -0.4 is 14.2 Å². The summed E-state index contributed by atoms with van der Waals surface area (Å²) in [6, 6.07) is 14.9. The third-order valence-corrected chi connectivity index (χ3v) is 5.10. The van der Waals surface area contributed by atoms with Gasteiger partial charge >= 0.3 is 0 Å². The molecule has 0 aromatic heterocycles. The Morgan fingerprint density at radius 2 is 1.68 bits per heavy atom. The van der Waals surface area contributed by atoms with Crippen LogP contribution in [0, 0.1) is 0 Å². The molecule has 1 aliphatic heterocycles. The molecular formula is C22H27NO5. The number of carbonyl (C=O) groups excluding carboxylic acids is 1. The molecule has 6 nitrogen and oxygen atoms in total. The Morgan fingerprint density at radius 1 is 1.00 bits per heavy atom. The van der Waals surface area contributed by atoms with E-state index in [0.29, 0.717) is 36.8 Å². The molecule has 0 N–H and O–H groups in total. The SMILES string of the molecule is COc1cc(OC)cc(C(=O)N2CCCC(COc3ccccc3)(OC)C2)c1. The minimum Gasteiger partial charge on any atom is -0.497 e. The average Bonchev–Trinajstić information content (AvgIpc) is 2.77. The second kappa shape index (κ2) is 8.97. The highest BCUT2D eigenvalue weighted by Gasteiger charge is 2.38. The first-order valence-corrected chi connectivity index (χ1v) is 9.34. The van der Waals surface area contributed by atoms with Gasteiger partial charge in [0, 0.05) is 25.3 Å². The number of benzene rings is 2. The molecule has 1 heterocycles. The zero-order valence-corrected chi connectivity index (χ0v) is 16.6. The van der Waals surface area contributed by atoms with Crippen LogP contribution in [0.4, 0.5) is 0 Å². The number of nitrogens with zero attached hydrogens (tertiary/aromatic N) is 1. The predicted molar refractivity (Wildman–Crippen MR) is 106 cm³/mol. The maximum absolute atomic E-state index is 13.1. The van der Waals surface area contributed by atoms with Gasteiger partial charge in [-0.2, -0.15) is 0 Å². The standard InChI is InChI=1S/C22H27NO5/c1-25-19-12-17(13-20(14-19)26-2)21(24)23-11-7-10-22(15-23,27-3)16-28-18-8-5-4-6-9-18/h4-6,8-9,12-14H,7,10-11,15-16H2,1-3H3. The van der Waals surface area contributed by atoms with Crippen LogP contribution in [-0.2, 0) is 4.74 Å². The van der Waals surface area contributed by atoms with E-state index in [4.69, 9.17) is 18.9 Å². The normalized spacial score (nSPS) is 19.2. The Hall–Kier alpha value is -2.73. The van der Waals surface area contributed by atoms with Gasteiger partial charge in [0.15, 0.2) is 0 Å². The van der Waals surface area contributed by atoms with Gasteiger partial charge in [-0.05, 0) is 37.1 Å². The molecule has 0 spiro atoms. The summed E-state index contributed by atoms with van der Waals surface area (Å²) in [5.74, 6) is 1.90. The average molecular weight is 385 g/mol. The van der Waals surface area contributed by atoms with Crippen LogP contribution in [0.1, 0.15) is 23.2 Å². The van der Waals surface area contributed by atoms with Crippen LogP contribution in [0.25, 0.3) is 0 Å². The number of ether oxygens (including phenoxy) is 4. The molecule has 0 radical (unpaired) electrons. The molecule has 3 rings (SSSR count). The molecule has 1 aliphatic rings. The second-order valence-electron chi connectivity index (χ2n) is 6.92. The smallest absolute Gasteiger partial charge is 0.254 e. The number of methoxy groups -OCH3 is 3. The van der Waals surface area contributed by atoms with Gasteiger partial charge in [0.05, 0.1) is 20.8 Å². The zero-order chi connectivity index (χ0) is 20.0. The highest BCUT2D eigenvalue weighted by atomic mass is 16.5. The quantitative estimate of drug-likeness (QED) is 0.731. The lowest BCUT2D eigenvalue weighted by Gasteiger charge is -2.41. The fourth-order valence-electron chi connectivity index (χ4n) is 3.46. The van der Waals surface area contributed by atoms with Crippen molar-refractivity contribution in [3.05, 3.63) is 54.1 Å². The number of piperidine rings is 1. The van der Waals surface area contributed by atoms with Crippen molar-refractivity contribution < 1.29 is 23.7 Å².